The second-order valence-corrected chi connectivity index (χ2v) is 6.21. The number of carbonyl (C=O) groups excluding carboxylic acids is 2. The van der Waals surface area contributed by atoms with Gasteiger partial charge in [-0.25, -0.2) is 15.0 Å². The summed E-state index contributed by atoms with van der Waals surface area (Å²) in [7, 11) is 0. The summed E-state index contributed by atoms with van der Waals surface area (Å²) in [6.07, 6.45) is 3.42. The summed E-state index contributed by atoms with van der Waals surface area (Å²) in [5, 5.41) is 0. The van der Waals surface area contributed by atoms with Gasteiger partial charge in [0.05, 0.1) is 0 Å². The molecule has 0 unspecified atom stereocenters. The quantitative estimate of drug-likeness (QED) is 0.792. The Hall–Kier alpha value is -3.03. The molecular weight excluding hydrogens is 344 g/mol. The van der Waals surface area contributed by atoms with Gasteiger partial charge in [0.15, 0.2) is 0 Å². The van der Waals surface area contributed by atoms with Crippen LogP contribution in [0.15, 0.2) is 36.7 Å². The third kappa shape index (κ3) is 4.21. The van der Waals surface area contributed by atoms with Crippen LogP contribution >= 0.6 is 0 Å². The van der Waals surface area contributed by atoms with E-state index < -0.39 is 0 Å². The number of rotatable bonds is 5. The maximum Gasteiger partial charge on any atom is 0.272 e. The minimum Gasteiger partial charge on any atom is -0.338 e. The van der Waals surface area contributed by atoms with E-state index in [4.69, 9.17) is 0 Å². The monoisotopic (exact) mass is 368 g/mol. The summed E-state index contributed by atoms with van der Waals surface area (Å²) < 4.78 is 0. The molecule has 3 heterocycles. The maximum atomic E-state index is 12.8. The van der Waals surface area contributed by atoms with Gasteiger partial charge in [-0.15, -0.1) is 0 Å². The molecule has 8 heteroatoms. The number of aromatic nitrogens is 3. The van der Waals surface area contributed by atoms with Crippen molar-refractivity contribution in [2.24, 2.45) is 0 Å². The summed E-state index contributed by atoms with van der Waals surface area (Å²) in [6, 6.07) is 6.81. The van der Waals surface area contributed by atoms with Crippen LogP contribution in [-0.4, -0.2) is 75.8 Å². The van der Waals surface area contributed by atoms with Crippen molar-refractivity contribution in [1.82, 2.24) is 24.8 Å². The van der Waals surface area contributed by atoms with Crippen molar-refractivity contribution in [3.63, 3.8) is 0 Å². The van der Waals surface area contributed by atoms with Crippen LogP contribution in [0.2, 0.25) is 0 Å². The van der Waals surface area contributed by atoms with E-state index in [0.717, 1.165) is 0 Å². The van der Waals surface area contributed by atoms with E-state index in [-0.39, 0.29) is 11.8 Å². The van der Waals surface area contributed by atoms with Crippen LogP contribution in [0.5, 0.6) is 0 Å². The molecule has 0 aromatic carbocycles. The number of piperazine rings is 1. The molecule has 2 aromatic rings. The Balaban J connectivity index is 1.67. The van der Waals surface area contributed by atoms with Crippen LogP contribution in [0.25, 0.3) is 0 Å². The van der Waals surface area contributed by atoms with Crippen LogP contribution in [0.3, 0.4) is 0 Å². The van der Waals surface area contributed by atoms with Crippen LogP contribution in [0, 0.1) is 0 Å². The highest BCUT2D eigenvalue weighted by Gasteiger charge is 2.25. The molecule has 0 aliphatic carbocycles. The molecule has 142 valence electrons. The molecular formula is C19H24N6O2. The summed E-state index contributed by atoms with van der Waals surface area (Å²) in [5.74, 6) is 0.369. The fourth-order valence-electron chi connectivity index (χ4n) is 3.07. The van der Waals surface area contributed by atoms with E-state index in [1.807, 2.05) is 13.8 Å². The van der Waals surface area contributed by atoms with E-state index in [9.17, 15) is 9.59 Å². The zero-order chi connectivity index (χ0) is 19.2. The number of amides is 2. The lowest BCUT2D eigenvalue weighted by atomic mass is 10.2. The van der Waals surface area contributed by atoms with E-state index in [1.165, 1.54) is 0 Å². The average Bonchev–Trinajstić information content (AvgIpc) is 2.75. The maximum absolute atomic E-state index is 12.8. The van der Waals surface area contributed by atoms with Gasteiger partial charge in [0.2, 0.25) is 5.95 Å². The SMILES string of the molecule is CCN(CC)C(=O)c1cccc(C(=O)N2CCN(c3ncccn3)CC2)n1. The van der Waals surface area contributed by atoms with E-state index >= 15 is 0 Å². The number of anilines is 1. The van der Waals surface area contributed by atoms with Crippen molar-refractivity contribution < 1.29 is 9.59 Å². The predicted octanol–water partition coefficient (Wildman–Crippen LogP) is 1.32. The lowest BCUT2D eigenvalue weighted by molar-refractivity contribution is 0.0738. The number of pyridine rings is 1. The highest BCUT2D eigenvalue weighted by Crippen LogP contribution is 2.13. The minimum absolute atomic E-state index is 0.152. The van der Waals surface area contributed by atoms with Gasteiger partial charge < -0.3 is 14.7 Å². The van der Waals surface area contributed by atoms with Gasteiger partial charge in [-0.05, 0) is 32.0 Å². The van der Waals surface area contributed by atoms with E-state index in [1.54, 1.807) is 46.5 Å². The van der Waals surface area contributed by atoms with Crippen molar-refractivity contribution >= 4 is 17.8 Å². The fraction of sp³-hybridized carbons (Fsp3) is 0.421. The van der Waals surface area contributed by atoms with E-state index in [2.05, 4.69) is 19.9 Å². The van der Waals surface area contributed by atoms with Crippen molar-refractivity contribution in [2.75, 3.05) is 44.2 Å². The van der Waals surface area contributed by atoms with Crippen molar-refractivity contribution in [2.45, 2.75) is 13.8 Å². The highest BCUT2D eigenvalue weighted by atomic mass is 16.2. The summed E-state index contributed by atoms with van der Waals surface area (Å²) in [5.41, 5.74) is 0.610. The standard InChI is InChI=1S/C19H24N6O2/c1-3-23(4-2)17(26)15-7-5-8-16(22-15)18(27)24-11-13-25(14-12-24)19-20-9-6-10-21-19/h5-10H,3-4,11-14H2,1-2H3. The van der Waals surface area contributed by atoms with Crippen LogP contribution < -0.4 is 4.90 Å². The molecule has 1 fully saturated rings. The predicted molar refractivity (Wildman–Crippen MR) is 102 cm³/mol. The zero-order valence-electron chi connectivity index (χ0n) is 15.7. The molecule has 2 amide bonds. The van der Waals surface area contributed by atoms with Gasteiger partial charge in [-0.2, -0.15) is 0 Å². The summed E-state index contributed by atoms with van der Waals surface area (Å²) in [4.78, 5) is 43.6. The average molecular weight is 368 g/mol. The Morgan fingerprint density at radius 2 is 1.59 bits per heavy atom. The van der Waals surface area contributed by atoms with Crippen molar-refractivity contribution in [3.8, 4) is 0 Å². The van der Waals surface area contributed by atoms with Crippen LogP contribution in [0.4, 0.5) is 5.95 Å². The highest BCUT2D eigenvalue weighted by molar-refractivity contribution is 5.96. The second-order valence-electron chi connectivity index (χ2n) is 6.21. The van der Waals surface area contributed by atoms with Crippen molar-refractivity contribution in [3.05, 3.63) is 48.0 Å². The molecule has 3 rings (SSSR count). The van der Waals surface area contributed by atoms with Crippen LogP contribution in [0.1, 0.15) is 34.8 Å². The summed E-state index contributed by atoms with van der Waals surface area (Å²) in [6.45, 7) is 7.51. The molecule has 0 bridgehead atoms. The third-order valence-corrected chi connectivity index (χ3v) is 4.64. The number of hydrogen-bond acceptors (Lipinski definition) is 6. The molecule has 0 N–H and O–H groups in total. The number of nitrogens with zero attached hydrogens (tertiary/aromatic N) is 6. The molecule has 2 aromatic heterocycles. The normalized spacial score (nSPS) is 14.1. The molecule has 0 radical (unpaired) electrons. The van der Waals surface area contributed by atoms with E-state index in [0.29, 0.717) is 56.6 Å². The van der Waals surface area contributed by atoms with Gasteiger partial charge >= 0.3 is 0 Å². The molecule has 27 heavy (non-hydrogen) atoms. The number of carbonyl (C=O) groups is 2. The Kier molecular flexibility index (Phi) is 5.95. The molecule has 1 aliphatic heterocycles. The first kappa shape index (κ1) is 18.8. The first-order valence-electron chi connectivity index (χ1n) is 9.21. The number of hydrogen-bond donors (Lipinski definition) is 0. The lowest BCUT2D eigenvalue weighted by Crippen LogP contribution is -2.49. The molecule has 0 atom stereocenters. The first-order valence-corrected chi connectivity index (χ1v) is 9.21. The van der Waals surface area contributed by atoms with Gasteiger partial charge in [0, 0.05) is 51.7 Å². The van der Waals surface area contributed by atoms with Crippen LogP contribution in [-0.2, 0) is 0 Å². The lowest BCUT2D eigenvalue weighted by Gasteiger charge is -2.34. The van der Waals surface area contributed by atoms with Gasteiger partial charge in [-0.1, -0.05) is 6.07 Å². The largest absolute Gasteiger partial charge is 0.338 e. The second kappa shape index (κ2) is 8.57. The molecule has 1 aliphatic rings. The molecule has 1 saturated heterocycles. The Bertz CT molecular complexity index is 786. The summed E-state index contributed by atoms with van der Waals surface area (Å²) >= 11 is 0. The Labute approximate surface area is 158 Å². The topological polar surface area (TPSA) is 82.5 Å². The fourth-order valence-corrected chi connectivity index (χ4v) is 3.07. The zero-order valence-corrected chi connectivity index (χ0v) is 15.7. The smallest absolute Gasteiger partial charge is 0.272 e. The third-order valence-electron chi connectivity index (χ3n) is 4.64. The molecule has 0 spiro atoms. The first-order chi connectivity index (χ1) is 13.1. The van der Waals surface area contributed by atoms with Gasteiger partial charge in [-0.3, -0.25) is 9.59 Å². The Morgan fingerprint density at radius 3 is 2.22 bits per heavy atom. The Morgan fingerprint density at radius 1 is 0.963 bits per heavy atom. The van der Waals surface area contributed by atoms with Gasteiger partial charge in [0.25, 0.3) is 11.8 Å². The van der Waals surface area contributed by atoms with Crippen molar-refractivity contribution in [1.29, 1.82) is 0 Å². The molecule has 0 saturated carbocycles. The molecule has 8 nitrogen and oxygen atoms in total. The minimum atomic E-state index is -0.155. The van der Waals surface area contributed by atoms with Gasteiger partial charge in [0.1, 0.15) is 11.4 Å².